The van der Waals surface area contributed by atoms with Crippen molar-refractivity contribution in [2.75, 3.05) is 60.2 Å². The van der Waals surface area contributed by atoms with Crippen molar-refractivity contribution in [3.05, 3.63) is 29.8 Å². The van der Waals surface area contributed by atoms with Crippen LogP contribution in [0.25, 0.3) is 0 Å². The molecule has 2 rings (SSSR count). The van der Waals surface area contributed by atoms with Crippen LogP contribution in [0.5, 0.6) is 5.75 Å². The minimum absolute atomic E-state index is 0.105. The van der Waals surface area contributed by atoms with E-state index in [-0.39, 0.29) is 12.1 Å². The van der Waals surface area contributed by atoms with Gasteiger partial charge in [-0.05, 0) is 17.7 Å². The number of benzene rings is 1. The van der Waals surface area contributed by atoms with E-state index in [1.54, 1.807) is 14.2 Å². The van der Waals surface area contributed by atoms with Gasteiger partial charge in [0.1, 0.15) is 5.75 Å². The van der Waals surface area contributed by atoms with Crippen molar-refractivity contribution in [3.8, 4) is 5.75 Å². The maximum absolute atomic E-state index is 11.9. The molecule has 24 heavy (non-hydrogen) atoms. The predicted octanol–water partition coefficient (Wildman–Crippen LogP) is 1.01. The van der Waals surface area contributed by atoms with E-state index < -0.39 is 0 Å². The Hall–Kier alpha value is -1.83. The summed E-state index contributed by atoms with van der Waals surface area (Å²) in [5.74, 6) is 0.824. The molecule has 1 aliphatic rings. The lowest BCUT2D eigenvalue weighted by Crippen LogP contribution is -2.46. The first-order valence-corrected chi connectivity index (χ1v) is 8.21. The smallest absolute Gasteiger partial charge is 0.314 e. The van der Waals surface area contributed by atoms with Crippen LogP contribution in [0, 0.1) is 0 Å². The zero-order valence-corrected chi connectivity index (χ0v) is 14.4. The fraction of sp³-hybridized carbons (Fsp3) is 0.588. The van der Waals surface area contributed by atoms with Crippen LogP contribution in [0.4, 0.5) is 4.79 Å². The topological polar surface area (TPSA) is 72.1 Å². The number of carbonyl (C=O) groups is 1. The number of methoxy groups -OCH3 is 2. The molecule has 1 unspecified atom stereocenters. The number of amides is 2. The lowest BCUT2D eigenvalue weighted by Gasteiger charge is -2.35. The Morgan fingerprint density at radius 1 is 1.21 bits per heavy atom. The van der Waals surface area contributed by atoms with Gasteiger partial charge >= 0.3 is 6.03 Å². The third kappa shape index (κ3) is 5.67. The van der Waals surface area contributed by atoms with Gasteiger partial charge in [0, 0.05) is 33.3 Å². The Morgan fingerprint density at radius 2 is 1.92 bits per heavy atom. The van der Waals surface area contributed by atoms with Gasteiger partial charge in [0.15, 0.2) is 0 Å². The summed E-state index contributed by atoms with van der Waals surface area (Å²) in [7, 11) is 3.26. The van der Waals surface area contributed by atoms with Crippen molar-refractivity contribution in [2.45, 2.75) is 6.04 Å². The highest BCUT2D eigenvalue weighted by Crippen LogP contribution is 2.23. The number of ether oxygens (including phenoxy) is 3. The van der Waals surface area contributed by atoms with E-state index in [2.05, 4.69) is 15.5 Å². The van der Waals surface area contributed by atoms with Crippen LogP contribution >= 0.6 is 0 Å². The predicted molar refractivity (Wildman–Crippen MR) is 91.4 cm³/mol. The molecule has 1 saturated heterocycles. The highest BCUT2D eigenvalue weighted by atomic mass is 16.5. The van der Waals surface area contributed by atoms with Crippen LogP contribution in [-0.2, 0) is 9.47 Å². The fourth-order valence-electron chi connectivity index (χ4n) is 2.69. The molecule has 0 saturated carbocycles. The van der Waals surface area contributed by atoms with Crippen molar-refractivity contribution < 1.29 is 19.0 Å². The largest absolute Gasteiger partial charge is 0.497 e. The lowest BCUT2D eigenvalue weighted by molar-refractivity contribution is 0.0167. The second kappa shape index (κ2) is 10.1. The van der Waals surface area contributed by atoms with Gasteiger partial charge in [0.2, 0.25) is 0 Å². The standard InChI is InChI=1S/C17H27N3O4/c1-22-10-7-18-17(21)19-13-16(20-8-11-24-12-9-20)14-3-5-15(23-2)6-4-14/h3-6,16H,7-13H2,1-2H3,(H2,18,19,21). The Kier molecular flexibility index (Phi) is 7.81. The van der Waals surface area contributed by atoms with Crippen LogP contribution in [0.1, 0.15) is 11.6 Å². The van der Waals surface area contributed by atoms with Crippen LogP contribution < -0.4 is 15.4 Å². The van der Waals surface area contributed by atoms with Crippen LogP contribution in [0.15, 0.2) is 24.3 Å². The molecule has 1 atom stereocenters. The quantitative estimate of drug-likeness (QED) is 0.693. The summed E-state index contributed by atoms with van der Waals surface area (Å²) in [6.45, 7) is 4.66. The summed E-state index contributed by atoms with van der Waals surface area (Å²) in [5.41, 5.74) is 1.15. The minimum Gasteiger partial charge on any atom is -0.497 e. The summed E-state index contributed by atoms with van der Waals surface area (Å²) in [6.07, 6.45) is 0. The summed E-state index contributed by atoms with van der Waals surface area (Å²) >= 11 is 0. The van der Waals surface area contributed by atoms with E-state index in [1.165, 1.54) is 0 Å². The summed E-state index contributed by atoms with van der Waals surface area (Å²) < 4.78 is 15.6. The number of nitrogens with zero attached hydrogens (tertiary/aromatic N) is 1. The molecule has 1 aromatic rings. The third-order valence-corrected chi connectivity index (χ3v) is 4.03. The van der Waals surface area contributed by atoms with Gasteiger partial charge in [0.25, 0.3) is 0 Å². The molecule has 1 aromatic carbocycles. The Bertz CT molecular complexity index is 489. The van der Waals surface area contributed by atoms with Crippen molar-refractivity contribution in [1.82, 2.24) is 15.5 Å². The molecular weight excluding hydrogens is 310 g/mol. The first-order chi connectivity index (χ1) is 11.7. The van der Waals surface area contributed by atoms with Gasteiger partial charge in [-0.2, -0.15) is 0 Å². The molecule has 2 amide bonds. The minimum atomic E-state index is -0.182. The summed E-state index contributed by atoms with van der Waals surface area (Å²) in [4.78, 5) is 14.2. The second-order valence-corrected chi connectivity index (χ2v) is 5.57. The first kappa shape index (κ1) is 18.5. The molecule has 0 aliphatic carbocycles. The number of hydrogen-bond donors (Lipinski definition) is 2. The Labute approximate surface area is 143 Å². The van der Waals surface area contributed by atoms with Crippen LogP contribution in [0.2, 0.25) is 0 Å². The van der Waals surface area contributed by atoms with E-state index in [1.807, 2.05) is 24.3 Å². The van der Waals surface area contributed by atoms with Gasteiger partial charge in [0.05, 0.1) is 33.0 Å². The number of hydrogen-bond acceptors (Lipinski definition) is 5. The molecule has 7 heteroatoms. The molecule has 134 valence electrons. The average Bonchev–Trinajstić information content (AvgIpc) is 2.63. The molecule has 0 aromatic heterocycles. The highest BCUT2D eigenvalue weighted by Gasteiger charge is 2.23. The molecular formula is C17H27N3O4. The normalized spacial score (nSPS) is 16.4. The monoisotopic (exact) mass is 337 g/mol. The fourth-order valence-corrected chi connectivity index (χ4v) is 2.69. The molecule has 0 spiro atoms. The zero-order chi connectivity index (χ0) is 17.2. The second-order valence-electron chi connectivity index (χ2n) is 5.57. The van der Waals surface area contributed by atoms with E-state index in [9.17, 15) is 4.79 Å². The summed E-state index contributed by atoms with van der Waals surface area (Å²) in [6, 6.07) is 7.90. The van der Waals surface area contributed by atoms with Crippen LogP contribution in [-0.4, -0.2) is 71.2 Å². The van der Waals surface area contributed by atoms with Gasteiger partial charge in [-0.3, -0.25) is 4.90 Å². The van der Waals surface area contributed by atoms with E-state index in [4.69, 9.17) is 14.2 Å². The van der Waals surface area contributed by atoms with Crippen molar-refractivity contribution in [3.63, 3.8) is 0 Å². The van der Waals surface area contributed by atoms with Crippen molar-refractivity contribution in [2.24, 2.45) is 0 Å². The van der Waals surface area contributed by atoms with E-state index in [0.717, 1.165) is 24.4 Å². The maximum atomic E-state index is 11.9. The van der Waals surface area contributed by atoms with Crippen molar-refractivity contribution in [1.29, 1.82) is 0 Å². The van der Waals surface area contributed by atoms with Crippen molar-refractivity contribution >= 4 is 6.03 Å². The van der Waals surface area contributed by atoms with Crippen LogP contribution in [0.3, 0.4) is 0 Å². The molecule has 1 heterocycles. The number of morpholine rings is 1. The maximum Gasteiger partial charge on any atom is 0.314 e. The SMILES string of the molecule is COCCNC(=O)NCC(c1ccc(OC)cc1)N1CCOCC1. The molecule has 1 fully saturated rings. The first-order valence-electron chi connectivity index (χ1n) is 8.21. The number of nitrogens with one attached hydrogen (secondary N) is 2. The molecule has 0 bridgehead atoms. The van der Waals surface area contributed by atoms with Gasteiger partial charge in [-0.1, -0.05) is 12.1 Å². The molecule has 1 aliphatic heterocycles. The Balaban J connectivity index is 1.98. The van der Waals surface area contributed by atoms with E-state index >= 15 is 0 Å². The highest BCUT2D eigenvalue weighted by molar-refractivity contribution is 5.73. The van der Waals surface area contributed by atoms with Gasteiger partial charge in [-0.25, -0.2) is 4.79 Å². The van der Waals surface area contributed by atoms with Gasteiger partial charge < -0.3 is 24.8 Å². The summed E-state index contributed by atoms with van der Waals surface area (Å²) in [5, 5.41) is 5.72. The molecule has 2 N–H and O–H groups in total. The number of urea groups is 1. The van der Waals surface area contributed by atoms with Gasteiger partial charge in [-0.15, -0.1) is 0 Å². The Morgan fingerprint density at radius 3 is 2.54 bits per heavy atom. The number of rotatable bonds is 8. The number of carbonyl (C=O) groups excluding carboxylic acids is 1. The van der Waals surface area contributed by atoms with E-state index in [0.29, 0.717) is 32.9 Å². The lowest BCUT2D eigenvalue weighted by atomic mass is 10.0. The molecule has 7 nitrogen and oxygen atoms in total. The zero-order valence-electron chi connectivity index (χ0n) is 14.4. The average molecular weight is 337 g/mol. The molecule has 0 radical (unpaired) electrons. The third-order valence-electron chi connectivity index (χ3n) is 4.03.